The molecule has 0 aliphatic carbocycles. The number of carbonyl (C=O) groups excluding carboxylic acids is 1. The Labute approximate surface area is 110 Å². The minimum atomic E-state index is -0.429. The summed E-state index contributed by atoms with van der Waals surface area (Å²) < 4.78 is 6.37. The third kappa shape index (κ3) is 3.07. The standard InChI is InChI=1S/C14H14N2O3/c1-10-7-15-14(18)16(8-10)9-13(17)11-4-3-5-12(6-11)19-2/h3-8H,9H2,1-2H3. The van der Waals surface area contributed by atoms with Gasteiger partial charge in [0.15, 0.2) is 5.78 Å². The van der Waals surface area contributed by atoms with Crippen LogP contribution >= 0.6 is 0 Å². The predicted octanol–water partition coefficient (Wildman–Crippen LogP) is 1.44. The third-order valence-electron chi connectivity index (χ3n) is 2.69. The monoisotopic (exact) mass is 258 g/mol. The van der Waals surface area contributed by atoms with Gasteiger partial charge in [0.2, 0.25) is 0 Å². The zero-order valence-electron chi connectivity index (χ0n) is 10.8. The molecule has 0 saturated carbocycles. The smallest absolute Gasteiger partial charge is 0.347 e. The highest BCUT2D eigenvalue weighted by Gasteiger charge is 2.09. The fourth-order valence-electron chi connectivity index (χ4n) is 1.72. The van der Waals surface area contributed by atoms with E-state index in [2.05, 4.69) is 4.98 Å². The molecule has 2 rings (SSSR count). The van der Waals surface area contributed by atoms with Crippen molar-refractivity contribution in [3.8, 4) is 5.75 Å². The summed E-state index contributed by atoms with van der Waals surface area (Å²) in [6, 6.07) is 6.84. The molecule has 0 spiro atoms. The van der Waals surface area contributed by atoms with Gasteiger partial charge in [-0.25, -0.2) is 9.78 Å². The molecule has 0 N–H and O–H groups in total. The molecule has 0 amide bonds. The first-order valence-electron chi connectivity index (χ1n) is 5.80. The summed E-state index contributed by atoms with van der Waals surface area (Å²) in [5, 5.41) is 0. The molecule has 0 aliphatic heterocycles. The van der Waals surface area contributed by atoms with Gasteiger partial charge < -0.3 is 4.74 Å². The number of Topliss-reactive ketones (excluding diaryl/α,β-unsaturated/α-hetero) is 1. The maximum absolute atomic E-state index is 12.1. The van der Waals surface area contributed by atoms with Gasteiger partial charge in [-0.05, 0) is 24.6 Å². The zero-order chi connectivity index (χ0) is 13.8. The van der Waals surface area contributed by atoms with E-state index in [9.17, 15) is 9.59 Å². The van der Waals surface area contributed by atoms with E-state index < -0.39 is 5.69 Å². The van der Waals surface area contributed by atoms with Crippen molar-refractivity contribution in [3.05, 3.63) is 58.3 Å². The third-order valence-corrected chi connectivity index (χ3v) is 2.69. The second-order valence-corrected chi connectivity index (χ2v) is 4.20. The van der Waals surface area contributed by atoms with Gasteiger partial charge in [-0.3, -0.25) is 9.36 Å². The molecule has 0 fully saturated rings. The normalized spacial score (nSPS) is 10.2. The van der Waals surface area contributed by atoms with Gasteiger partial charge in [0, 0.05) is 18.0 Å². The lowest BCUT2D eigenvalue weighted by Gasteiger charge is -2.06. The van der Waals surface area contributed by atoms with Gasteiger partial charge in [0.25, 0.3) is 0 Å². The molecule has 98 valence electrons. The number of benzene rings is 1. The zero-order valence-corrected chi connectivity index (χ0v) is 10.8. The Morgan fingerprint density at radius 2 is 2.21 bits per heavy atom. The fraction of sp³-hybridized carbons (Fsp3) is 0.214. The van der Waals surface area contributed by atoms with Crippen molar-refractivity contribution in [2.75, 3.05) is 7.11 Å². The van der Waals surface area contributed by atoms with Crippen LogP contribution in [0.2, 0.25) is 0 Å². The van der Waals surface area contributed by atoms with Gasteiger partial charge in [-0.1, -0.05) is 12.1 Å². The first kappa shape index (κ1) is 13.0. The van der Waals surface area contributed by atoms with Crippen LogP contribution in [-0.4, -0.2) is 22.4 Å². The Morgan fingerprint density at radius 3 is 2.95 bits per heavy atom. The number of methoxy groups -OCH3 is 1. The number of aryl methyl sites for hydroxylation is 1. The quantitative estimate of drug-likeness (QED) is 0.779. The molecule has 0 atom stereocenters. The van der Waals surface area contributed by atoms with E-state index in [4.69, 9.17) is 4.74 Å². The van der Waals surface area contributed by atoms with E-state index in [1.165, 1.54) is 10.8 Å². The summed E-state index contributed by atoms with van der Waals surface area (Å²) >= 11 is 0. The van der Waals surface area contributed by atoms with Gasteiger partial charge in [-0.2, -0.15) is 0 Å². The van der Waals surface area contributed by atoms with Crippen LogP contribution in [0, 0.1) is 6.92 Å². The number of ketones is 1. The van der Waals surface area contributed by atoms with Crippen LogP contribution in [0.5, 0.6) is 5.75 Å². The Hall–Kier alpha value is -2.43. The van der Waals surface area contributed by atoms with Crippen LogP contribution in [-0.2, 0) is 6.54 Å². The number of hydrogen-bond donors (Lipinski definition) is 0. The maximum Gasteiger partial charge on any atom is 0.347 e. The van der Waals surface area contributed by atoms with E-state index in [-0.39, 0.29) is 12.3 Å². The highest BCUT2D eigenvalue weighted by atomic mass is 16.5. The topological polar surface area (TPSA) is 61.2 Å². The Bertz CT molecular complexity index is 662. The van der Waals surface area contributed by atoms with E-state index >= 15 is 0 Å². The molecule has 5 nitrogen and oxygen atoms in total. The van der Waals surface area contributed by atoms with Crippen LogP contribution < -0.4 is 10.4 Å². The van der Waals surface area contributed by atoms with Crippen molar-refractivity contribution in [2.45, 2.75) is 13.5 Å². The van der Waals surface area contributed by atoms with Crippen molar-refractivity contribution in [1.82, 2.24) is 9.55 Å². The van der Waals surface area contributed by atoms with Crippen LogP contribution in [0.15, 0.2) is 41.5 Å². The summed E-state index contributed by atoms with van der Waals surface area (Å²) in [5.41, 5.74) is 0.910. The summed E-state index contributed by atoms with van der Waals surface area (Å²) in [4.78, 5) is 27.3. The van der Waals surface area contributed by atoms with Crippen LogP contribution in [0.3, 0.4) is 0 Å². The molecule has 19 heavy (non-hydrogen) atoms. The minimum Gasteiger partial charge on any atom is -0.497 e. The molecule has 0 saturated heterocycles. The second kappa shape index (κ2) is 5.48. The first-order chi connectivity index (χ1) is 9.10. The number of ether oxygens (including phenoxy) is 1. The Kier molecular flexibility index (Phi) is 3.75. The maximum atomic E-state index is 12.1. The largest absolute Gasteiger partial charge is 0.497 e. The molecule has 0 radical (unpaired) electrons. The van der Waals surface area contributed by atoms with Gasteiger partial charge in [0.05, 0.1) is 13.7 Å². The number of carbonyl (C=O) groups is 1. The lowest BCUT2D eigenvalue weighted by atomic mass is 10.1. The molecular formula is C14H14N2O3. The van der Waals surface area contributed by atoms with Gasteiger partial charge in [0.1, 0.15) is 5.75 Å². The summed E-state index contributed by atoms with van der Waals surface area (Å²) in [6.45, 7) is 1.79. The second-order valence-electron chi connectivity index (χ2n) is 4.20. The van der Waals surface area contributed by atoms with Crippen LogP contribution in [0.4, 0.5) is 0 Å². The summed E-state index contributed by atoms with van der Waals surface area (Å²) in [7, 11) is 1.54. The molecule has 1 aromatic heterocycles. The fourth-order valence-corrected chi connectivity index (χ4v) is 1.72. The Morgan fingerprint density at radius 1 is 1.42 bits per heavy atom. The molecule has 1 aromatic carbocycles. The molecule has 0 unspecified atom stereocenters. The van der Waals surface area contributed by atoms with Gasteiger partial charge >= 0.3 is 5.69 Å². The summed E-state index contributed by atoms with van der Waals surface area (Å²) in [6.07, 6.45) is 3.10. The molecule has 1 heterocycles. The number of aromatic nitrogens is 2. The predicted molar refractivity (Wildman–Crippen MR) is 70.6 cm³/mol. The van der Waals surface area contributed by atoms with Crippen molar-refractivity contribution in [1.29, 1.82) is 0 Å². The number of rotatable bonds is 4. The summed E-state index contributed by atoms with van der Waals surface area (Å²) in [5.74, 6) is 0.453. The highest BCUT2D eigenvalue weighted by molar-refractivity contribution is 5.96. The lowest BCUT2D eigenvalue weighted by Crippen LogP contribution is -2.26. The van der Waals surface area contributed by atoms with E-state index in [1.807, 2.05) is 6.92 Å². The molecular weight excluding hydrogens is 244 g/mol. The van der Waals surface area contributed by atoms with E-state index in [0.29, 0.717) is 11.3 Å². The van der Waals surface area contributed by atoms with Crippen molar-refractivity contribution < 1.29 is 9.53 Å². The number of hydrogen-bond acceptors (Lipinski definition) is 4. The highest BCUT2D eigenvalue weighted by Crippen LogP contribution is 2.13. The lowest BCUT2D eigenvalue weighted by molar-refractivity contribution is 0.0970. The van der Waals surface area contributed by atoms with Crippen molar-refractivity contribution in [3.63, 3.8) is 0 Å². The van der Waals surface area contributed by atoms with E-state index in [1.54, 1.807) is 37.6 Å². The van der Waals surface area contributed by atoms with Crippen LogP contribution in [0.25, 0.3) is 0 Å². The van der Waals surface area contributed by atoms with E-state index in [0.717, 1.165) is 5.56 Å². The van der Waals surface area contributed by atoms with Crippen LogP contribution in [0.1, 0.15) is 15.9 Å². The molecule has 0 aliphatic rings. The Balaban J connectivity index is 2.25. The van der Waals surface area contributed by atoms with Gasteiger partial charge in [-0.15, -0.1) is 0 Å². The molecule has 0 bridgehead atoms. The SMILES string of the molecule is COc1cccc(C(=O)Cn2cc(C)cnc2=O)c1. The minimum absolute atomic E-state index is 0.0271. The average Bonchev–Trinajstić information content (AvgIpc) is 2.43. The molecule has 5 heteroatoms. The molecule has 2 aromatic rings. The first-order valence-corrected chi connectivity index (χ1v) is 5.80. The van der Waals surface area contributed by atoms with Crippen molar-refractivity contribution >= 4 is 5.78 Å². The average molecular weight is 258 g/mol. The van der Waals surface area contributed by atoms with Crippen molar-refractivity contribution in [2.24, 2.45) is 0 Å². The number of nitrogens with zero attached hydrogens (tertiary/aromatic N) is 2.